The number of anilines is 1. The van der Waals surface area contributed by atoms with Crippen LogP contribution in [0.15, 0.2) is 23.1 Å². The summed E-state index contributed by atoms with van der Waals surface area (Å²) in [6, 6.07) is 3.30. The zero-order valence-corrected chi connectivity index (χ0v) is 13.6. The van der Waals surface area contributed by atoms with E-state index in [4.69, 9.17) is 4.74 Å². The van der Waals surface area contributed by atoms with Crippen molar-refractivity contribution in [3.63, 3.8) is 0 Å². The van der Waals surface area contributed by atoms with Gasteiger partial charge in [0.15, 0.2) is 11.5 Å². The molecule has 0 unspecified atom stereocenters. The smallest absolute Gasteiger partial charge is 0.358 e. The van der Waals surface area contributed by atoms with E-state index in [9.17, 15) is 17.6 Å². The lowest BCUT2D eigenvalue weighted by molar-refractivity contribution is 0.0521. The molecule has 0 aliphatic carbocycles. The van der Waals surface area contributed by atoms with Crippen LogP contribution in [0.5, 0.6) is 0 Å². The van der Waals surface area contributed by atoms with Gasteiger partial charge in [-0.15, -0.1) is 0 Å². The average molecular weight is 341 g/mol. The molecular weight excluding hydrogens is 325 g/mol. The number of H-pyrrole nitrogens is 1. The van der Waals surface area contributed by atoms with E-state index in [-0.39, 0.29) is 28.6 Å². The van der Waals surface area contributed by atoms with E-state index in [1.165, 1.54) is 6.92 Å². The molecule has 0 saturated carbocycles. The normalized spacial score (nSPS) is 11.3. The van der Waals surface area contributed by atoms with Gasteiger partial charge < -0.3 is 9.72 Å². The Hall–Kier alpha value is -2.42. The second-order valence-corrected chi connectivity index (χ2v) is 6.43. The van der Waals surface area contributed by atoms with Gasteiger partial charge >= 0.3 is 5.97 Å². The predicted octanol–water partition coefficient (Wildman–Crippen LogP) is 2.14. The SMILES string of the molecule is CCOC(=O)c1[nH]c(C)nc1NS(=O)(=O)c1ccc(F)cc1C. The summed E-state index contributed by atoms with van der Waals surface area (Å²) in [6.45, 7) is 4.82. The molecule has 0 saturated heterocycles. The Kier molecular flexibility index (Phi) is 4.69. The van der Waals surface area contributed by atoms with Crippen LogP contribution in [0.1, 0.15) is 28.8 Å². The van der Waals surface area contributed by atoms with Crippen molar-refractivity contribution in [3.05, 3.63) is 41.1 Å². The number of aromatic amines is 1. The van der Waals surface area contributed by atoms with Crippen LogP contribution < -0.4 is 4.72 Å². The van der Waals surface area contributed by atoms with E-state index in [2.05, 4.69) is 14.7 Å². The number of aromatic nitrogens is 2. The lowest BCUT2D eigenvalue weighted by Gasteiger charge is -2.09. The third-order valence-electron chi connectivity index (χ3n) is 2.96. The van der Waals surface area contributed by atoms with Gasteiger partial charge in [0.2, 0.25) is 0 Å². The molecule has 1 aromatic heterocycles. The van der Waals surface area contributed by atoms with E-state index in [0.29, 0.717) is 5.82 Å². The van der Waals surface area contributed by atoms with Crippen molar-refractivity contribution in [3.8, 4) is 0 Å². The number of hydrogen-bond acceptors (Lipinski definition) is 5. The fraction of sp³-hybridized carbons (Fsp3) is 0.286. The third-order valence-corrected chi connectivity index (χ3v) is 4.46. The lowest BCUT2D eigenvalue weighted by Crippen LogP contribution is -2.17. The molecule has 9 heteroatoms. The summed E-state index contributed by atoms with van der Waals surface area (Å²) in [5, 5.41) is 0. The van der Waals surface area contributed by atoms with E-state index in [1.54, 1.807) is 13.8 Å². The molecule has 124 valence electrons. The van der Waals surface area contributed by atoms with Crippen LogP contribution in [0.3, 0.4) is 0 Å². The van der Waals surface area contributed by atoms with Gasteiger partial charge in [0, 0.05) is 0 Å². The molecule has 2 rings (SSSR count). The van der Waals surface area contributed by atoms with Gasteiger partial charge in [-0.25, -0.2) is 22.6 Å². The molecule has 2 aromatic rings. The van der Waals surface area contributed by atoms with Gasteiger partial charge in [-0.1, -0.05) is 0 Å². The zero-order valence-electron chi connectivity index (χ0n) is 12.8. The minimum atomic E-state index is -4.03. The molecule has 0 atom stereocenters. The summed E-state index contributed by atoms with van der Waals surface area (Å²) in [5.74, 6) is -1.07. The predicted molar refractivity (Wildman–Crippen MR) is 81.2 cm³/mol. The highest BCUT2D eigenvalue weighted by atomic mass is 32.2. The molecule has 0 bridgehead atoms. The van der Waals surface area contributed by atoms with Crippen molar-refractivity contribution in [1.29, 1.82) is 0 Å². The first-order valence-corrected chi connectivity index (χ1v) is 8.25. The maximum absolute atomic E-state index is 13.1. The first kappa shape index (κ1) is 16.9. The number of carbonyl (C=O) groups excluding carboxylic acids is 1. The number of imidazole rings is 1. The number of rotatable bonds is 5. The minimum Gasteiger partial charge on any atom is -0.461 e. The van der Waals surface area contributed by atoms with Crippen LogP contribution in [0.2, 0.25) is 0 Å². The molecule has 2 N–H and O–H groups in total. The largest absolute Gasteiger partial charge is 0.461 e. The number of ether oxygens (including phenoxy) is 1. The summed E-state index contributed by atoms with van der Waals surface area (Å²) in [4.78, 5) is 18.3. The van der Waals surface area contributed by atoms with Crippen molar-refractivity contribution in [1.82, 2.24) is 9.97 Å². The van der Waals surface area contributed by atoms with Crippen molar-refractivity contribution in [2.24, 2.45) is 0 Å². The van der Waals surface area contributed by atoms with Crippen LogP contribution in [-0.4, -0.2) is 31.0 Å². The molecule has 0 aliphatic heterocycles. The molecule has 0 radical (unpaired) electrons. The minimum absolute atomic E-state index is 0.0901. The number of benzene rings is 1. The van der Waals surface area contributed by atoms with Crippen LogP contribution in [0, 0.1) is 19.7 Å². The molecule has 1 heterocycles. The van der Waals surface area contributed by atoms with E-state index in [0.717, 1.165) is 18.2 Å². The maximum Gasteiger partial charge on any atom is 0.358 e. The van der Waals surface area contributed by atoms with Crippen molar-refractivity contribution >= 4 is 21.8 Å². The number of hydrogen-bond donors (Lipinski definition) is 2. The van der Waals surface area contributed by atoms with Crippen LogP contribution in [-0.2, 0) is 14.8 Å². The van der Waals surface area contributed by atoms with Crippen molar-refractivity contribution < 1.29 is 22.3 Å². The Morgan fingerprint density at radius 1 is 1.39 bits per heavy atom. The fourth-order valence-electron chi connectivity index (χ4n) is 2.01. The maximum atomic E-state index is 13.1. The molecule has 0 amide bonds. The van der Waals surface area contributed by atoms with Gasteiger partial charge in [-0.05, 0) is 44.5 Å². The van der Waals surface area contributed by atoms with E-state index in [1.807, 2.05) is 0 Å². The highest BCUT2D eigenvalue weighted by Gasteiger charge is 2.24. The number of esters is 1. The van der Waals surface area contributed by atoms with Crippen molar-refractivity contribution in [2.75, 3.05) is 11.3 Å². The fourth-order valence-corrected chi connectivity index (χ4v) is 3.26. The number of aryl methyl sites for hydroxylation is 2. The molecule has 23 heavy (non-hydrogen) atoms. The molecule has 0 spiro atoms. The molecule has 1 aromatic carbocycles. The molecule has 0 fully saturated rings. The number of sulfonamides is 1. The Morgan fingerprint density at radius 3 is 2.70 bits per heavy atom. The van der Waals surface area contributed by atoms with Crippen LogP contribution >= 0.6 is 0 Å². The lowest BCUT2D eigenvalue weighted by atomic mass is 10.2. The van der Waals surface area contributed by atoms with Gasteiger partial charge in [0.05, 0.1) is 11.5 Å². The number of nitrogens with one attached hydrogen (secondary N) is 2. The Bertz CT molecular complexity index is 846. The van der Waals surface area contributed by atoms with Gasteiger partial charge in [-0.2, -0.15) is 0 Å². The first-order valence-electron chi connectivity index (χ1n) is 6.77. The van der Waals surface area contributed by atoms with Crippen molar-refractivity contribution in [2.45, 2.75) is 25.7 Å². The van der Waals surface area contributed by atoms with Gasteiger partial charge in [0.25, 0.3) is 10.0 Å². The number of nitrogens with zero attached hydrogens (tertiary/aromatic N) is 1. The quantitative estimate of drug-likeness (QED) is 0.812. The summed E-state index contributed by atoms with van der Waals surface area (Å²) >= 11 is 0. The summed E-state index contributed by atoms with van der Waals surface area (Å²) in [7, 11) is -4.03. The third kappa shape index (κ3) is 3.67. The van der Waals surface area contributed by atoms with Crippen LogP contribution in [0.4, 0.5) is 10.2 Å². The Morgan fingerprint density at radius 2 is 2.09 bits per heavy atom. The summed E-state index contributed by atoms with van der Waals surface area (Å²) < 4.78 is 45.1. The first-order chi connectivity index (χ1) is 10.7. The standard InChI is InChI=1S/C14H16FN3O4S/c1-4-22-14(19)12-13(17-9(3)16-12)18-23(20,21)11-6-5-10(15)7-8(11)2/h5-7,18H,4H2,1-3H3,(H,16,17). The molecule has 7 nitrogen and oxygen atoms in total. The van der Waals surface area contributed by atoms with Gasteiger partial charge in [0.1, 0.15) is 11.6 Å². The highest BCUT2D eigenvalue weighted by Crippen LogP contribution is 2.22. The number of halogens is 1. The zero-order chi connectivity index (χ0) is 17.2. The van der Waals surface area contributed by atoms with Gasteiger partial charge in [-0.3, -0.25) is 4.72 Å². The van der Waals surface area contributed by atoms with E-state index < -0.39 is 21.8 Å². The summed E-state index contributed by atoms with van der Waals surface area (Å²) in [6.07, 6.45) is 0. The molecular formula is C14H16FN3O4S. The second-order valence-electron chi connectivity index (χ2n) is 4.78. The summed E-state index contributed by atoms with van der Waals surface area (Å²) in [5.41, 5.74) is 0.148. The monoisotopic (exact) mass is 341 g/mol. The topological polar surface area (TPSA) is 101 Å². The Balaban J connectivity index is 2.40. The highest BCUT2D eigenvalue weighted by molar-refractivity contribution is 7.92. The van der Waals surface area contributed by atoms with Crippen LogP contribution in [0.25, 0.3) is 0 Å². The number of carbonyl (C=O) groups is 1. The second kappa shape index (κ2) is 6.37. The molecule has 0 aliphatic rings. The Labute approximate surface area is 132 Å². The average Bonchev–Trinajstić information content (AvgIpc) is 2.78. The van der Waals surface area contributed by atoms with E-state index >= 15 is 0 Å².